The lowest BCUT2D eigenvalue weighted by Gasteiger charge is -2.01. The average molecular weight is 308 g/mol. The highest BCUT2D eigenvalue weighted by Gasteiger charge is 2.26. The predicted octanol–water partition coefficient (Wildman–Crippen LogP) is 2.63. The lowest BCUT2D eigenvalue weighted by Crippen LogP contribution is -2.28. The summed E-state index contributed by atoms with van der Waals surface area (Å²) in [7, 11) is 0. The van der Waals surface area contributed by atoms with Crippen LogP contribution < -0.4 is 9.51 Å². The summed E-state index contributed by atoms with van der Waals surface area (Å²) >= 11 is 11.9. The normalized spacial score (nSPS) is 10.9. The number of nitrogens with zero attached hydrogens (tertiary/aromatic N) is 1. The van der Waals surface area contributed by atoms with Crippen molar-refractivity contribution in [1.82, 2.24) is 0 Å². The second-order valence-corrected chi connectivity index (χ2v) is 4.94. The Morgan fingerprint density at radius 1 is 1.20 bits per heavy atom. The molecule has 0 N–H and O–H groups in total. The molecule has 20 heavy (non-hydrogen) atoms. The van der Waals surface area contributed by atoms with Crippen molar-refractivity contribution in [1.29, 1.82) is 0 Å². The number of halogens is 2. The Hall–Kier alpha value is -2.04. The minimum Gasteiger partial charge on any atom is -0.540 e. The van der Waals surface area contributed by atoms with Gasteiger partial charge in [0.2, 0.25) is 0 Å². The van der Waals surface area contributed by atoms with E-state index in [2.05, 4.69) is 0 Å². The van der Waals surface area contributed by atoms with Gasteiger partial charge in [-0.3, -0.25) is 4.79 Å². The van der Waals surface area contributed by atoms with E-state index < -0.39 is 11.7 Å². The maximum absolute atomic E-state index is 12.5. The van der Waals surface area contributed by atoms with Gasteiger partial charge in [0.25, 0.3) is 17.2 Å². The van der Waals surface area contributed by atoms with Gasteiger partial charge in [-0.25, -0.2) is 0 Å². The van der Waals surface area contributed by atoms with E-state index in [1.165, 1.54) is 16.5 Å². The zero-order valence-electron chi connectivity index (χ0n) is 9.97. The number of aromatic nitrogens is 1. The molecule has 0 aliphatic rings. The predicted molar refractivity (Wildman–Crippen MR) is 71.2 cm³/mol. The fourth-order valence-electron chi connectivity index (χ4n) is 1.94. The van der Waals surface area contributed by atoms with Gasteiger partial charge in [0, 0.05) is 22.7 Å². The van der Waals surface area contributed by atoms with E-state index >= 15 is 0 Å². The molecule has 3 rings (SSSR count). The van der Waals surface area contributed by atoms with Crippen LogP contribution in [-0.2, 0) is 0 Å². The van der Waals surface area contributed by atoms with Gasteiger partial charge in [0.15, 0.2) is 6.20 Å². The highest BCUT2D eigenvalue weighted by molar-refractivity contribution is 6.36. The van der Waals surface area contributed by atoms with E-state index in [1.807, 2.05) is 0 Å². The molecule has 0 radical (unpaired) electrons. The molecule has 0 unspecified atom stereocenters. The number of fused-ring (bicyclic) bond motifs is 1. The number of hydrogen-bond acceptors (Lipinski definition) is 3. The molecule has 0 aliphatic heterocycles. The molecule has 0 bridgehead atoms. The van der Waals surface area contributed by atoms with Crippen LogP contribution >= 0.6 is 23.2 Å². The van der Waals surface area contributed by atoms with Gasteiger partial charge in [-0.15, -0.1) is 4.40 Å². The maximum Gasteiger partial charge on any atom is 0.282 e. The number of hydrogen-bond donors (Lipinski definition) is 0. The van der Waals surface area contributed by atoms with Crippen LogP contribution in [0.4, 0.5) is 0 Å². The van der Waals surface area contributed by atoms with E-state index in [0.717, 1.165) is 0 Å². The molecule has 0 atom stereocenters. The summed E-state index contributed by atoms with van der Waals surface area (Å²) in [6.07, 6.45) is 1.58. The maximum atomic E-state index is 12.5. The highest BCUT2D eigenvalue weighted by atomic mass is 35.5. The average Bonchev–Trinajstić information content (AvgIpc) is 2.76. The van der Waals surface area contributed by atoms with E-state index in [0.29, 0.717) is 10.7 Å². The molecule has 6 heteroatoms. The first-order valence-electron chi connectivity index (χ1n) is 5.68. The first-order valence-corrected chi connectivity index (χ1v) is 6.43. The molecule has 100 valence electrons. The van der Waals surface area contributed by atoms with Gasteiger partial charge in [0.05, 0.1) is 5.02 Å². The Balaban J connectivity index is 2.22. The molecule has 1 aromatic carbocycles. The third-order valence-corrected chi connectivity index (χ3v) is 3.41. The first-order chi connectivity index (χ1) is 9.58. The van der Waals surface area contributed by atoms with E-state index in [1.54, 1.807) is 30.5 Å². The second kappa shape index (κ2) is 4.81. The zero-order chi connectivity index (χ0) is 14.3. The lowest BCUT2D eigenvalue weighted by atomic mass is 10.1. The molecule has 0 spiro atoms. The quantitative estimate of drug-likeness (QED) is 0.540. The SMILES string of the molecule is O=C(c1cc(Cl)ccc1Cl)c1c([O-])oc2cccc[n+]12. The lowest BCUT2D eigenvalue weighted by molar-refractivity contribution is -0.517. The second-order valence-electron chi connectivity index (χ2n) is 4.10. The standard InChI is InChI=1S/C14H7Cl2NO3/c15-8-4-5-10(16)9(7-8)13(18)12-14(19)20-11-3-1-2-6-17(11)12/h1-7H. The number of rotatable bonds is 2. The van der Waals surface area contributed by atoms with Crippen LogP contribution in [0.2, 0.25) is 10.0 Å². The van der Waals surface area contributed by atoms with E-state index in [4.69, 9.17) is 27.6 Å². The largest absolute Gasteiger partial charge is 0.540 e. The molecule has 4 nitrogen and oxygen atoms in total. The first kappa shape index (κ1) is 13.0. The monoisotopic (exact) mass is 307 g/mol. The van der Waals surface area contributed by atoms with Crippen molar-refractivity contribution in [2.24, 2.45) is 0 Å². The van der Waals surface area contributed by atoms with Crippen LogP contribution in [0, 0.1) is 0 Å². The van der Waals surface area contributed by atoms with E-state index in [-0.39, 0.29) is 16.3 Å². The van der Waals surface area contributed by atoms with Crippen LogP contribution in [0.3, 0.4) is 0 Å². The van der Waals surface area contributed by atoms with Crippen molar-refractivity contribution in [2.75, 3.05) is 0 Å². The fourth-order valence-corrected chi connectivity index (χ4v) is 2.31. The van der Waals surface area contributed by atoms with Crippen molar-refractivity contribution in [3.05, 3.63) is 63.9 Å². The van der Waals surface area contributed by atoms with Crippen molar-refractivity contribution in [2.45, 2.75) is 0 Å². The molecule has 0 amide bonds. The molecule has 3 aromatic rings. The van der Waals surface area contributed by atoms with Gasteiger partial charge in [-0.2, -0.15) is 0 Å². The molecule has 2 heterocycles. The van der Waals surface area contributed by atoms with Crippen molar-refractivity contribution in [3.63, 3.8) is 0 Å². The Kier molecular flexibility index (Phi) is 3.12. The molecule has 0 saturated heterocycles. The Morgan fingerprint density at radius 3 is 2.80 bits per heavy atom. The number of ketones is 1. The highest BCUT2D eigenvalue weighted by Crippen LogP contribution is 2.25. The van der Waals surface area contributed by atoms with Crippen molar-refractivity contribution >= 4 is 34.7 Å². The number of carbonyl (C=O) groups excluding carboxylic acids is 1. The number of oxazole rings is 1. The summed E-state index contributed by atoms with van der Waals surface area (Å²) < 4.78 is 6.41. The minimum absolute atomic E-state index is 0.107. The smallest absolute Gasteiger partial charge is 0.282 e. The topological polar surface area (TPSA) is 57.4 Å². The van der Waals surface area contributed by atoms with Gasteiger partial charge in [-0.1, -0.05) is 23.2 Å². The third-order valence-electron chi connectivity index (χ3n) is 2.84. The van der Waals surface area contributed by atoms with Crippen LogP contribution in [0.5, 0.6) is 5.95 Å². The van der Waals surface area contributed by atoms with Gasteiger partial charge in [0.1, 0.15) is 5.95 Å². The summed E-state index contributed by atoms with van der Waals surface area (Å²) in [6, 6.07) is 9.50. The van der Waals surface area contributed by atoms with Gasteiger partial charge in [-0.05, 0) is 24.3 Å². The number of carbonyl (C=O) groups is 1. The zero-order valence-corrected chi connectivity index (χ0v) is 11.5. The summed E-state index contributed by atoms with van der Waals surface area (Å²) in [5.41, 5.74) is 0.346. The summed E-state index contributed by atoms with van der Waals surface area (Å²) in [5.74, 6) is -1.24. The molecule has 0 aliphatic carbocycles. The van der Waals surface area contributed by atoms with Gasteiger partial charge < -0.3 is 9.52 Å². The van der Waals surface area contributed by atoms with E-state index in [9.17, 15) is 9.90 Å². The summed E-state index contributed by atoms with van der Waals surface area (Å²) in [5, 5.41) is 12.5. The third kappa shape index (κ3) is 2.03. The fraction of sp³-hybridized carbons (Fsp3) is 0. The van der Waals surface area contributed by atoms with Crippen molar-refractivity contribution < 1.29 is 18.7 Å². The minimum atomic E-state index is -0.711. The van der Waals surface area contributed by atoms with Crippen LogP contribution in [0.25, 0.3) is 5.71 Å². The molecular formula is C14H7Cl2NO3. The molecule has 0 saturated carbocycles. The Morgan fingerprint density at radius 2 is 2.00 bits per heavy atom. The summed E-state index contributed by atoms with van der Waals surface area (Å²) in [6.45, 7) is 0. The number of benzene rings is 1. The van der Waals surface area contributed by atoms with Crippen LogP contribution in [0.15, 0.2) is 47.0 Å². The summed E-state index contributed by atoms with van der Waals surface area (Å²) in [4.78, 5) is 12.5. The molecular weight excluding hydrogens is 301 g/mol. The Bertz CT molecular complexity index is 826. The number of pyridine rings is 1. The molecule has 0 fully saturated rings. The van der Waals surface area contributed by atoms with Gasteiger partial charge >= 0.3 is 0 Å². The van der Waals surface area contributed by atoms with Crippen molar-refractivity contribution in [3.8, 4) is 5.95 Å². The van der Waals surface area contributed by atoms with Crippen LogP contribution in [-0.4, -0.2) is 5.78 Å². The van der Waals surface area contributed by atoms with Crippen LogP contribution in [0.1, 0.15) is 16.1 Å². The molecule has 2 aromatic heterocycles. The Labute approximate surface area is 123 Å².